The molecule has 3 rings (SSSR count). The highest BCUT2D eigenvalue weighted by Crippen LogP contribution is 2.17. The summed E-state index contributed by atoms with van der Waals surface area (Å²) >= 11 is 2.30. The SMILES string of the molecule is N#Cc1cc[n+](-c2cccc(I)c2-[n+]2ccc(C#N)cc2)cc1. The second-order valence-electron chi connectivity index (χ2n) is 4.82. The number of nitriles is 2. The zero-order valence-corrected chi connectivity index (χ0v) is 14.2. The Morgan fingerprint density at radius 1 is 0.739 bits per heavy atom. The van der Waals surface area contributed by atoms with Crippen molar-refractivity contribution in [1.29, 1.82) is 10.5 Å². The van der Waals surface area contributed by atoms with E-state index in [4.69, 9.17) is 10.5 Å². The van der Waals surface area contributed by atoms with Crippen molar-refractivity contribution in [2.75, 3.05) is 0 Å². The summed E-state index contributed by atoms with van der Waals surface area (Å²) in [6.07, 6.45) is 7.50. The largest absolute Gasteiger partial charge is 0.296 e. The van der Waals surface area contributed by atoms with Gasteiger partial charge in [-0.05, 0) is 28.7 Å². The van der Waals surface area contributed by atoms with E-state index >= 15 is 0 Å². The number of nitrogens with zero attached hydrogens (tertiary/aromatic N) is 4. The molecule has 0 aliphatic heterocycles. The van der Waals surface area contributed by atoms with Crippen LogP contribution in [0.15, 0.2) is 67.3 Å². The number of hydrogen-bond acceptors (Lipinski definition) is 2. The molecule has 5 heteroatoms. The van der Waals surface area contributed by atoms with Crippen molar-refractivity contribution >= 4 is 22.6 Å². The Labute approximate surface area is 147 Å². The fraction of sp³-hybridized carbons (Fsp3) is 0. The Hall–Kier alpha value is -2.77. The molecule has 0 saturated carbocycles. The summed E-state index contributed by atoms with van der Waals surface area (Å²) in [4.78, 5) is 0. The first-order valence-electron chi connectivity index (χ1n) is 6.85. The van der Waals surface area contributed by atoms with Gasteiger partial charge >= 0.3 is 0 Å². The van der Waals surface area contributed by atoms with Gasteiger partial charge in [-0.3, -0.25) is 0 Å². The molecule has 0 unspecified atom stereocenters. The highest BCUT2D eigenvalue weighted by molar-refractivity contribution is 14.1. The van der Waals surface area contributed by atoms with Crippen molar-refractivity contribution in [3.05, 3.63) is 81.9 Å². The molecule has 0 aliphatic carbocycles. The predicted octanol–water partition coefficient (Wildman–Crippen LogP) is 2.59. The fourth-order valence-electron chi connectivity index (χ4n) is 2.28. The number of hydrogen-bond donors (Lipinski definition) is 0. The maximum atomic E-state index is 8.94. The number of halogens is 1. The van der Waals surface area contributed by atoms with Crippen molar-refractivity contribution in [3.63, 3.8) is 0 Å². The van der Waals surface area contributed by atoms with Crippen LogP contribution in [0.1, 0.15) is 11.1 Å². The van der Waals surface area contributed by atoms with Crippen molar-refractivity contribution in [2.24, 2.45) is 0 Å². The Kier molecular flexibility index (Phi) is 4.31. The minimum atomic E-state index is 0.624. The Morgan fingerprint density at radius 2 is 1.26 bits per heavy atom. The van der Waals surface area contributed by atoms with Crippen LogP contribution in [0.2, 0.25) is 0 Å². The third kappa shape index (κ3) is 3.05. The lowest BCUT2D eigenvalue weighted by atomic mass is 10.2. The molecule has 0 saturated heterocycles. The monoisotopic (exact) mass is 410 g/mol. The van der Waals surface area contributed by atoms with Crippen molar-refractivity contribution < 1.29 is 9.13 Å². The van der Waals surface area contributed by atoms with E-state index in [0.717, 1.165) is 14.9 Å². The Morgan fingerprint density at radius 3 is 1.78 bits per heavy atom. The van der Waals surface area contributed by atoms with Gasteiger partial charge in [0.05, 0.1) is 26.8 Å². The van der Waals surface area contributed by atoms with E-state index < -0.39 is 0 Å². The van der Waals surface area contributed by atoms with Gasteiger partial charge in [-0.2, -0.15) is 19.7 Å². The molecule has 0 N–H and O–H groups in total. The third-order valence-electron chi connectivity index (χ3n) is 3.42. The van der Waals surface area contributed by atoms with Crippen molar-refractivity contribution in [2.45, 2.75) is 0 Å². The van der Waals surface area contributed by atoms with E-state index in [0.29, 0.717) is 11.1 Å². The van der Waals surface area contributed by atoms with Gasteiger partial charge in [-0.1, -0.05) is 6.07 Å². The van der Waals surface area contributed by atoms with Crippen molar-refractivity contribution in [1.82, 2.24) is 0 Å². The highest BCUT2D eigenvalue weighted by atomic mass is 127. The maximum Gasteiger partial charge on any atom is 0.296 e. The average molecular weight is 410 g/mol. The van der Waals surface area contributed by atoms with Crippen LogP contribution >= 0.6 is 22.6 Å². The molecule has 2 aromatic heterocycles. The van der Waals surface area contributed by atoms with Gasteiger partial charge in [0.15, 0.2) is 24.8 Å². The first kappa shape index (κ1) is 15.1. The lowest BCUT2D eigenvalue weighted by Crippen LogP contribution is -2.39. The molecule has 0 bridgehead atoms. The van der Waals surface area contributed by atoms with Gasteiger partial charge in [-0.25, -0.2) is 0 Å². The number of pyridine rings is 2. The molecule has 3 aromatic rings. The first-order chi connectivity index (χ1) is 11.2. The predicted molar refractivity (Wildman–Crippen MR) is 91.7 cm³/mol. The highest BCUT2D eigenvalue weighted by Gasteiger charge is 2.23. The molecule has 0 amide bonds. The first-order valence-corrected chi connectivity index (χ1v) is 7.93. The molecule has 0 radical (unpaired) electrons. The van der Waals surface area contributed by atoms with Gasteiger partial charge in [0.2, 0.25) is 0 Å². The molecule has 4 nitrogen and oxygen atoms in total. The standard InChI is InChI=1S/C18H11IN4/c19-16-2-1-3-17(22-8-4-14(12-20)5-9-22)18(16)23-10-6-15(13-21)7-11-23/h1-11H/q+2. The van der Waals surface area contributed by atoms with E-state index in [1.54, 1.807) is 24.3 Å². The smallest absolute Gasteiger partial charge is 0.192 e. The van der Waals surface area contributed by atoms with E-state index in [1.165, 1.54) is 0 Å². The van der Waals surface area contributed by atoms with Gasteiger partial charge in [0, 0.05) is 30.3 Å². The summed E-state index contributed by atoms with van der Waals surface area (Å²) < 4.78 is 5.05. The average Bonchev–Trinajstić information content (AvgIpc) is 2.62. The van der Waals surface area contributed by atoms with E-state index in [2.05, 4.69) is 34.7 Å². The topological polar surface area (TPSA) is 55.3 Å². The lowest BCUT2D eigenvalue weighted by molar-refractivity contribution is -0.633. The van der Waals surface area contributed by atoms with Gasteiger partial charge in [0.25, 0.3) is 11.4 Å². The molecule has 2 heterocycles. The number of benzene rings is 1. The summed E-state index contributed by atoms with van der Waals surface area (Å²) in [6, 6.07) is 17.5. The van der Waals surface area contributed by atoms with E-state index in [9.17, 15) is 0 Å². The molecule has 0 aliphatic rings. The van der Waals surface area contributed by atoms with Crippen LogP contribution < -0.4 is 9.13 Å². The summed E-state index contributed by atoms with van der Waals surface area (Å²) in [6.45, 7) is 0. The van der Waals surface area contributed by atoms with Gasteiger partial charge in [-0.15, -0.1) is 0 Å². The quantitative estimate of drug-likeness (QED) is 0.482. The van der Waals surface area contributed by atoms with Crippen molar-refractivity contribution in [3.8, 4) is 23.5 Å². The molecule has 108 valence electrons. The minimum Gasteiger partial charge on any atom is -0.192 e. The molecule has 0 fully saturated rings. The maximum absolute atomic E-state index is 8.94. The number of aromatic nitrogens is 2. The van der Waals surface area contributed by atoms with Gasteiger partial charge in [0.1, 0.15) is 0 Å². The third-order valence-corrected chi connectivity index (χ3v) is 4.29. The summed E-state index contributed by atoms with van der Waals surface area (Å²) in [7, 11) is 0. The van der Waals surface area contributed by atoms with Crippen LogP contribution in [-0.2, 0) is 0 Å². The summed E-state index contributed by atoms with van der Waals surface area (Å²) in [5.74, 6) is 0. The molecule has 0 spiro atoms. The fourth-order valence-corrected chi connectivity index (χ4v) is 3.04. The van der Waals surface area contributed by atoms with E-state index in [-0.39, 0.29) is 0 Å². The summed E-state index contributed by atoms with van der Waals surface area (Å²) in [5.41, 5.74) is 3.27. The molecule has 1 aromatic carbocycles. The normalized spacial score (nSPS) is 9.87. The Balaban J connectivity index is 2.16. The second kappa shape index (κ2) is 6.55. The number of rotatable bonds is 2. The zero-order chi connectivity index (χ0) is 16.2. The number of para-hydroxylation sites is 1. The zero-order valence-electron chi connectivity index (χ0n) is 12.0. The summed E-state index contributed by atoms with van der Waals surface area (Å²) in [5, 5.41) is 17.9. The molecule has 0 atom stereocenters. The van der Waals surface area contributed by atoms with Crippen LogP contribution in [0, 0.1) is 26.2 Å². The molecular formula is C18H11IN4+2. The van der Waals surface area contributed by atoms with Crippen LogP contribution in [-0.4, -0.2) is 0 Å². The van der Waals surface area contributed by atoms with Crippen LogP contribution in [0.3, 0.4) is 0 Å². The molecular weight excluding hydrogens is 399 g/mol. The van der Waals surface area contributed by atoms with E-state index in [1.807, 2.05) is 52.1 Å². The van der Waals surface area contributed by atoms with Crippen LogP contribution in [0.25, 0.3) is 11.4 Å². The Bertz CT molecular complexity index is 933. The van der Waals surface area contributed by atoms with Crippen LogP contribution in [0.5, 0.6) is 0 Å². The lowest BCUT2D eigenvalue weighted by Gasteiger charge is -2.02. The molecule has 23 heavy (non-hydrogen) atoms. The minimum absolute atomic E-state index is 0.624. The second-order valence-corrected chi connectivity index (χ2v) is 5.98. The van der Waals surface area contributed by atoms with Gasteiger partial charge < -0.3 is 0 Å². The van der Waals surface area contributed by atoms with Crippen LogP contribution in [0.4, 0.5) is 0 Å².